The molecule has 0 unspecified atom stereocenters. The Kier molecular flexibility index (Phi) is 1.47. The van der Waals surface area contributed by atoms with E-state index in [0.29, 0.717) is 5.82 Å². The molecule has 62 valence electrons. The van der Waals surface area contributed by atoms with Gasteiger partial charge in [0.15, 0.2) is 5.82 Å². The normalized spacial score (nSPS) is 10.8. The van der Waals surface area contributed by atoms with Gasteiger partial charge in [0.1, 0.15) is 0 Å². The van der Waals surface area contributed by atoms with Crippen LogP contribution in [0.15, 0.2) is 12.3 Å². The molecular formula is C6H6FN5. The maximum absolute atomic E-state index is 13.1. The van der Waals surface area contributed by atoms with Gasteiger partial charge in [0, 0.05) is 12.3 Å². The Morgan fingerprint density at radius 1 is 1.50 bits per heavy atom. The van der Waals surface area contributed by atoms with Crippen LogP contribution in [0.25, 0.3) is 5.78 Å². The van der Waals surface area contributed by atoms with Gasteiger partial charge in [0.05, 0.1) is 6.54 Å². The van der Waals surface area contributed by atoms with Gasteiger partial charge in [0.25, 0.3) is 5.78 Å². The number of fused-ring (bicyclic) bond motifs is 1. The first-order valence-electron chi connectivity index (χ1n) is 3.37. The van der Waals surface area contributed by atoms with E-state index >= 15 is 0 Å². The fourth-order valence-corrected chi connectivity index (χ4v) is 0.982. The molecule has 2 heterocycles. The van der Waals surface area contributed by atoms with Crippen molar-refractivity contribution in [2.75, 3.05) is 0 Å². The average molecular weight is 167 g/mol. The Labute approximate surface area is 67.0 Å². The van der Waals surface area contributed by atoms with E-state index < -0.39 is 5.95 Å². The Hall–Kier alpha value is -1.56. The first kappa shape index (κ1) is 7.11. The molecule has 6 heteroatoms. The van der Waals surface area contributed by atoms with E-state index in [2.05, 4.69) is 15.2 Å². The predicted octanol–water partition coefficient (Wildman–Crippen LogP) is -0.278. The summed E-state index contributed by atoms with van der Waals surface area (Å²) >= 11 is 0. The second-order valence-electron chi connectivity index (χ2n) is 2.22. The van der Waals surface area contributed by atoms with E-state index in [-0.39, 0.29) is 12.3 Å². The third-order valence-electron chi connectivity index (χ3n) is 1.51. The molecule has 0 aliphatic heterocycles. The first-order chi connectivity index (χ1) is 5.83. The van der Waals surface area contributed by atoms with Crippen LogP contribution < -0.4 is 5.73 Å². The fraction of sp³-hybridized carbons (Fsp3) is 0.167. The lowest BCUT2D eigenvalue weighted by Crippen LogP contribution is -2.05. The Balaban J connectivity index is 2.83. The molecule has 0 radical (unpaired) electrons. The van der Waals surface area contributed by atoms with Gasteiger partial charge in [-0.2, -0.15) is 4.39 Å². The summed E-state index contributed by atoms with van der Waals surface area (Å²) in [5.74, 6) is 0.150. The standard InChI is InChI=1S/C6H6FN5/c7-4-1-2-9-6-11-10-5(3-8)12(4)6/h1-2H,3,8H2. The van der Waals surface area contributed by atoms with Crippen molar-refractivity contribution in [3.05, 3.63) is 24.0 Å². The van der Waals surface area contributed by atoms with Crippen LogP contribution >= 0.6 is 0 Å². The zero-order valence-electron chi connectivity index (χ0n) is 6.11. The topological polar surface area (TPSA) is 69.1 Å². The molecule has 0 saturated carbocycles. The van der Waals surface area contributed by atoms with Crippen LogP contribution in [0.4, 0.5) is 4.39 Å². The fourth-order valence-electron chi connectivity index (χ4n) is 0.982. The minimum atomic E-state index is -0.453. The summed E-state index contributed by atoms with van der Waals surface area (Å²) in [5, 5.41) is 7.29. The van der Waals surface area contributed by atoms with Gasteiger partial charge in [-0.3, -0.25) is 0 Å². The van der Waals surface area contributed by atoms with Gasteiger partial charge in [-0.1, -0.05) is 0 Å². The van der Waals surface area contributed by atoms with Gasteiger partial charge in [0.2, 0.25) is 5.95 Å². The minimum Gasteiger partial charge on any atom is -0.324 e. The van der Waals surface area contributed by atoms with Gasteiger partial charge in [-0.15, -0.1) is 10.2 Å². The molecule has 0 aromatic carbocycles. The zero-order chi connectivity index (χ0) is 8.55. The van der Waals surface area contributed by atoms with E-state index in [0.717, 1.165) is 0 Å². The molecule has 0 aliphatic carbocycles. The van der Waals surface area contributed by atoms with Gasteiger partial charge < -0.3 is 5.73 Å². The molecule has 2 aromatic heterocycles. The van der Waals surface area contributed by atoms with Crippen molar-refractivity contribution in [1.29, 1.82) is 0 Å². The van der Waals surface area contributed by atoms with Crippen LogP contribution in [0.1, 0.15) is 5.82 Å². The molecule has 0 bridgehead atoms. The molecule has 0 aliphatic rings. The molecular weight excluding hydrogens is 161 g/mol. The van der Waals surface area contributed by atoms with Crippen molar-refractivity contribution < 1.29 is 4.39 Å². The van der Waals surface area contributed by atoms with Crippen molar-refractivity contribution in [1.82, 2.24) is 19.6 Å². The molecule has 0 atom stereocenters. The highest BCUT2D eigenvalue weighted by atomic mass is 19.1. The molecule has 2 N–H and O–H groups in total. The van der Waals surface area contributed by atoms with Crippen LogP contribution in [0, 0.1) is 5.95 Å². The highest BCUT2D eigenvalue weighted by molar-refractivity contribution is 5.26. The number of halogens is 1. The quantitative estimate of drug-likeness (QED) is 0.593. The Bertz CT molecular complexity index is 409. The lowest BCUT2D eigenvalue weighted by Gasteiger charge is -1.95. The minimum absolute atomic E-state index is 0.143. The second kappa shape index (κ2) is 2.49. The number of hydrogen-bond donors (Lipinski definition) is 1. The third-order valence-corrected chi connectivity index (χ3v) is 1.51. The lowest BCUT2D eigenvalue weighted by atomic mass is 10.6. The number of rotatable bonds is 1. The number of nitrogens with zero attached hydrogens (tertiary/aromatic N) is 4. The van der Waals surface area contributed by atoms with Crippen molar-refractivity contribution in [2.45, 2.75) is 6.54 Å². The van der Waals surface area contributed by atoms with Crippen molar-refractivity contribution in [3.63, 3.8) is 0 Å². The molecule has 5 nitrogen and oxygen atoms in total. The highest BCUT2D eigenvalue weighted by Crippen LogP contribution is 2.02. The monoisotopic (exact) mass is 167 g/mol. The predicted molar refractivity (Wildman–Crippen MR) is 38.6 cm³/mol. The van der Waals surface area contributed by atoms with Gasteiger partial charge in [-0.05, 0) is 0 Å². The van der Waals surface area contributed by atoms with Crippen LogP contribution in [0.3, 0.4) is 0 Å². The first-order valence-corrected chi connectivity index (χ1v) is 3.37. The number of aromatic nitrogens is 4. The maximum Gasteiger partial charge on any atom is 0.257 e. The summed E-state index contributed by atoms with van der Waals surface area (Å²) in [4.78, 5) is 3.80. The lowest BCUT2D eigenvalue weighted by molar-refractivity contribution is 0.554. The molecule has 2 aromatic rings. The highest BCUT2D eigenvalue weighted by Gasteiger charge is 2.07. The van der Waals surface area contributed by atoms with E-state index in [1.807, 2.05) is 0 Å². The summed E-state index contributed by atoms with van der Waals surface area (Å²) in [7, 11) is 0. The SMILES string of the molecule is NCc1nnc2nccc(F)n12. The molecule has 12 heavy (non-hydrogen) atoms. The molecule has 0 spiro atoms. The average Bonchev–Trinajstić information content (AvgIpc) is 2.49. The smallest absolute Gasteiger partial charge is 0.257 e. The number of hydrogen-bond acceptors (Lipinski definition) is 4. The van der Waals surface area contributed by atoms with Crippen LogP contribution in [0.5, 0.6) is 0 Å². The summed E-state index contributed by atoms with van der Waals surface area (Å²) in [6.07, 6.45) is 1.33. The van der Waals surface area contributed by atoms with Crippen molar-refractivity contribution in [2.24, 2.45) is 5.73 Å². The molecule has 0 saturated heterocycles. The van der Waals surface area contributed by atoms with Crippen molar-refractivity contribution in [3.8, 4) is 0 Å². The van der Waals surface area contributed by atoms with E-state index in [1.165, 1.54) is 16.7 Å². The summed E-state index contributed by atoms with van der Waals surface area (Å²) in [6, 6.07) is 1.23. The van der Waals surface area contributed by atoms with E-state index in [4.69, 9.17) is 5.73 Å². The van der Waals surface area contributed by atoms with Gasteiger partial charge in [-0.25, -0.2) is 9.38 Å². The zero-order valence-corrected chi connectivity index (χ0v) is 6.11. The third kappa shape index (κ3) is 0.850. The van der Waals surface area contributed by atoms with Gasteiger partial charge >= 0.3 is 0 Å². The Morgan fingerprint density at radius 2 is 2.33 bits per heavy atom. The summed E-state index contributed by atoms with van der Waals surface area (Å²) < 4.78 is 14.2. The summed E-state index contributed by atoms with van der Waals surface area (Å²) in [5.41, 5.74) is 5.31. The van der Waals surface area contributed by atoms with Crippen LogP contribution in [-0.2, 0) is 6.54 Å². The number of nitrogens with two attached hydrogens (primary N) is 1. The van der Waals surface area contributed by atoms with Crippen LogP contribution in [-0.4, -0.2) is 19.6 Å². The second-order valence-corrected chi connectivity index (χ2v) is 2.22. The van der Waals surface area contributed by atoms with E-state index in [1.54, 1.807) is 0 Å². The van der Waals surface area contributed by atoms with E-state index in [9.17, 15) is 4.39 Å². The molecule has 0 amide bonds. The molecule has 2 rings (SSSR count). The van der Waals surface area contributed by atoms with Crippen LogP contribution in [0.2, 0.25) is 0 Å². The maximum atomic E-state index is 13.1. The Morgan fingerprint density at radius 3 is 3.08 bits per heavy atom. The summed E-state index contributed by atoms with van der Waals surface area (Å²) in [6.45, 7) is 0.143. The van der Waals surface area contributed by atoms with Crippen molar-refractivity contribution >= 4 is 5.78 Å². The molecule has 0 fully saturated rings. The largest absolute Gasteiger partial charge is 0.324 e.